The molecule has 7 nitrogen and oxygen atoms in total. The lowest BCUT2D eigenvalue weighted by molar-refractivity contribution is -0.274. The van der Waals surface area contributed by atoms with Gasteiger partial charge in [0.2, 0.25) is 5.91 Å². The van der Waals surface area contributed by atoms with Crippen molar-refractivity contribution in [1.29, 1.82) is 0 Å². The Hall–Kier alpha value is -2.98. The molecule has 1 saturated heterocycles. The van der Waals surface area contributed by atoms with E-state index >= 15 is 0 Å². The highest BCUT2D eigenvalue weighted by Gasteiger charge is 2.49. The van der Waals surface area contributed by atoms with E-state index in [9.17, 15) is 27.6 Å². The number of carbonyl (C=O) groups excluding carboxylic acids is 3. The van der Waals surface area contributed by atoms with E-state index in [0.717, 1.165) is 17.0 Å². The fraction of sp³-hybridized carbons (Fsp3) is 0.211. The Morgan fingerprint density at radius 3 is 2.35 bits per heavy atom. The Kier molecular flexibility index (Phi) is 6.06. The van der Waals surface area contributed by atoms with Crippen LogP contribution in [0.15, 0.2) is 42.5 Å². The number of alkyl halides is 3. The molecule has 2 N–H and O–H groups in total. The normalized spacial score (nSPS) is 18.7. The van der Waals surface area contributed by atoms with Crippen molar-refractivity contribution in [3.05, 3.63) is 58.1 Å². The van der Waals surface area contributed by atoms with Crippen molar-refractivity contribution in [3.63, 3.8) is 0 Å². The van der Waals surface area contributed by atoms with Gasteiger partial charge in [0.1, 0.15) is 17.8 Å². The maximum atomic E-state index is 12.9. The second-order valence-electron chi connectivity index (χ2n) is 6.70. The van der Waals surface area contributed by atoms with Gasteiger partial charge in [0.25, 0.3) is 5.91 Å². The molecule has 12 heteroatoms. The van der Waals surface area contributed by atoms with Crippen LogP contribution in [0, 0.1) is 0 Å². The van der Waals surface area contributed by atoms with Crippen LogP contribution in [0.25, 0.3) is 0 Å². The van der Waals surface area contributed by atoms with Crippen LogP contribution < -0.4 is 15.4 Å². The first kappa shape index (κ1) is 22.7. The van der Waals surface area contributed by atoms with Gasteiger partial charge < -0.3 is 15.4 Å². The summed E-state index contributed by atoms with van der Waals surface area (Å²) in [6.45, 7) is 0.854. The molecule has 1 aliphatic rings. The third-order valence-electron chi connectivity index (χ3n) is 4.45. The number of anilines is 1. The van der Waals surface area contributed by atoms with Crippen LogP contribution in [0.4, 0.5) is 23.7 Å². The summed E-state index contributed by atoms with van der Waals surface area (Å²) in [4.78, 5) is 38.2. The number of nitrogens with zero attached hydrogens (tertiary/aromatic N) is 1. The van der Waals surface area contributed by atoms with E-state index in [-0.39, 0.29) is 15.7 Å². The summed E-state index contributed by atoms with van der Waals surface area (Å²) in [6.07, 6.45) is -4.84. The molecule has 31 heavy (non-hydrogen) atoms. The molecule has 0 radical (unpaired) electrons. The Bertz CT molecular complexity index is 1050. The number of hydrogen-bond acceptors (Lipinski definition) is 4. The topological polar surface area (TPSA) is 87.7 Å². The van der Waals surface area contributed by atoms with Gasteiger partial charge in [-0.25, -0.2) is 4.79 Å². The van der Waals surface area contributed by atoms with Crippen LogP contribution in [0.5, 0.6) is 5.75 Å². The summed E-state index contributed by atoms with van der Waals surface area (Å²) >= 11 is 11.9. The zero-order chi connectivity index (χ0) is 23.0. The number of ether oxygens (including phenoxy) is 1. The average Bonchev–Trinajstić information content (AvgIpc) is 2.88. The first-order valence-corrected chi connectivity index (χ1v) is 9.40. The van der Waals surface area contributed by atoms with E-state index in [1.807, 2.05) is 0 Å². The molecule has 0 spiro atoms. The van der Waals surface area contributed by atoms with Crippen molar-refractivity contribution in [1.82, 2.24) is 10.2 Å². The van der Waals surface area contributed by atoms with Crippen LogP contribution in [-0.2, 0) is 15.1 Å². The minimum absolute atomic E-state index is 0.152. The van der Waals surface area contributed by atoms with E-state index in [1.54, 1.807) is 0 Å². The number of urea groups is 1. The summed E-state index contributed by atoms with van der Waals surface area (Å²) in [7, 11) is 0. The maximum absolute atomic E-state index is 12.9. The molecule has 1 heterocycles. The highest BCUT2D eigenvalue weighted by atomic mass is 35.5. The number of carbonyl (C=O) groups is 3. The second-order valence-corrected chi connectivity index (χ2v) is 7.51. The Morgan fingerprint density at radius 1 is 1.13 bits per heavy atom. The number of imide groups is 1. The maximum Gasteiger partial charge on any atom is 0.573 e. The van der Waals surface area contributed by atoms with Gasteiger partial charge in [0.05, 0.1) is 10.0 Å². The highest BCUT2D eigenvalue weighted by Crippen LogP contribution is 2.33. The first-order valence-electron chi connectivity index (χ1n) is 8.64. The minimum Gasteiger partial charge on any atom is -0.406 e. The molecule has 1 atom stereocenters. The molecule has 1 unspecified atom stereocenters. The molecule has 0 aromatic heterocycles. The molecule has 0 bridgehead atoms. The molecule has 1 fully saturated rings. The zero-order valence-corrected chi connectivity index (χ0v) is 17.2. The number of hydrogen-bond donors (Lipinski definition) is 2. The number of rotatable bonds is 5. The van der Waals surface area contributed by atoms with Gasteiger partial charge in [-0.1, -0.05) is 29.3 Å². The molecule has 2 aromatic rings. The molecule has 164 valence electrons. The smallest absolute Gasteiger partial charge is 0.406 e. The van der Waals surface area contributed by atoms with Gasteiger partial charge in [-0.2, -0.15) is 0 Å². The molecule has 3 rings (SSSR count). The summed E-state index contributed by atoms with van der Waals surface area (Å²) in [6, 6.07) is 8.05. The lowest BCUT2D eigenvalue weighted by atomic mass is 9.92. The lowest BCUT2D eigenvalue weighted by Crippen LogP contribution is -2.42. The van der Waals surface area contributed by atoms with Gasteiger partial charge in [-0.3, -0.25) is 14.5 Å². The summed E-state index contributed by atoms with van der Waals surface area (Å²) in [5, 5.41) is 5.38. The largest absolute Gasteiger partial charge is 0.573 e. The van der Waals surface area contributed by atoms with Crippen LogP contribution in [0.2, 0.25) is 10.0 Å². The molecular formula is C19H14Cl2F3N3O4. The summed E-state index contributed by atoms with van der Waals surface area (Å²) < 4.78 is 40.3. The lowest BCUT2D eigenvalue weighted by Gasteiger charge is -2.22. The van der Waals surface area contributed by atoms with Crippen molar-refractivity contribution < 1.29 is 32.3 Å². The van der Waals surface area contributed by atoms with E-state index in [2.05, 4.69) is 15.4 Å². The fourth-order valence-corrected chi connectivity index (χ4v) is 3.23. The van der Waals surface area contributed by atoms with Crippen molar-refractivity contribution in [2.24, 2.45) is 0 Å². The third kappa shape index (κ3) is 5.02. The molecule has 2 aromatic carbocycles. The van der Waals surface area contributed by atoms with Gasteiger partial charge in [0, 0.05) is 5.69 Å². The number of halogens is 5. The molecule has 4 amide bonds. The number of nitrogens with one attached hydrogen (secondary N) is 2. The van der Waals surface area contributed by atoms with Gasteiger partial charge >= 0.3 is 12.4 Å². The van der Waals surface area contributed by atoms with Crippen molar-refractivity contribution >= 4 is 46.7 Å². The molecule has 1 aliphatic heterocycles. The summed E-state index contributed by atoms with van der Waals surface area (Å²) in [5.41, 5.74) is -0.926. The van der Waals surface area contributed by atoms with Crippen molar-refractivity contribution in [3.8, 4) is 5.75 Å². The Balaban J connectivity index is 1.68. The predicted molar refractivity (Wildman–Crippen MR) is 106 cm³/mol. The van der Waals surface area contributed by atoms with Crippen LogP contribution in [0.3, 0.4) is 0 Å². The zero-order valence-electron chi connectivity index (χ0n) is 15.7. The van der Waals surface area contributed by atoms with E-state index in [1.165, 1.54) is 37.3 Å². The van der Waals surface area contributed by atoms with Crippen molar-refractivity contribution in [2.45, 2.75) is 18.8 Å². The van der Waals surface area contributed by atoms with E-state index in [0.29, 0.717) is 5.56 Å². The highest BCUT2D eigenvalue weighted by molar-refractivity contribution is 6.42. The van der Waals surface area contributed by atoms with Gasteiger partial charge in [0.15, 0.2) is 0 Å². The standard InChI is InChI=1S/C19H14Cl2F3N3O4/c1-18(10-2-7-13(20)14(21)8-10)16(29)27(17(30)26-18)9-15(28)25-11-3-5-12(6-4-11)31-19(22,23)24/h2-8H,9H2,1H3,(H,25,28)(H,26,30). The Labute approximate surface area is 184 Å². The summed E-state index contributed by atoms with van der Waals surface area (Å²) in [5.74, 6) is -1.87. The Morgan fingerprint density at radius 2 is 1.77 bits per heavy atom. The van der Waals surface area contributed by atoms with Crippen molar-refractivity contribution in [2.75, 3.05) is 11.9 Å². The van der Waals surface area contributed by atoms with Crippen LogP contribution >= 0.6 is 23.2 Å². The first-order chi connectivity index (χ1) is 14.4. The van der Waals surface area contributed by atoms with E-state index < -0.39 is 42.0 Å². The number of amides is 4. The van der Waals surface area contributed by atoms with Gasteiger partial charge in [-0.05, 0) is 48.9 Å². The van der Waals surface area contributed by atoms with Crippen LogP contribution in [0.1, 0.15) is 12.5 Å². The minimum atomic E-state index is -4.84. The average molecular weight is 476 g/mol. The predicted octanol–water partition coefficient (Wildman–Crippen LogP) is 4.30. The second kappa shape index (κ2) is 8.27. The van der Waals surface area contributed by atoms with Crippen LogP contribution in [-0.4, -0.2) is 35.7 Å². The molecular weight excluding hydrogens is 462 g/mol. The molecule has 0 aliphatic carbocycles. The quantitative estimate of drug-likeness (QED) is 0.631. The van der Waals surface area contributed by atoms with E-state index in [4.69, 9.17) is 23.2 Å². The monoisotopic (exact) mass is 475 g/mol. The molecule has 0 saturated carbocycles. The third-order valence-corrected chi connectivity index (χ3v) is 5.18. The number of benzene rings is 2. The fourth-order valence-electron chi connectivity index (χ4n) is 2.93. The van der Waals surface area contributed by atoms with Gasteiger partial charge in [-0.15, -0.1) is 13.2 Å². The SMILES string of the molecule is CC1(c2ccc(Cl)c(Cl)c2)NC(=O)N(CC(=O)Nc2ccc(OC(F)(F)F)cc2)C1=O.